The van der Waals surface area contributed by atoms with Crippen LogP contribution in [0.2, 0.25) is 0 Å². The average Bonchev–Trinajstić information content (AvgIpc) is 2.27. The van der Waals surface area contributed by atoms with Gasteiger partial charge in [-0.3, -0.25) is 9.59 Å². The van der Waals surface area contributed by atoms with Crippen molar-refractivity contribution in [2.45, 2.75) is 37.9 Å². The lowest BCUT2D eigenvalue weighted by Crippen LogP contribution is -2.48. The quantitative estimate of drug-likeness (QED) is 0.762. The van der Waals surface area contributed by atoms with Crippen molar-refractivity contribution in [3.63, 3.8) is 0 Å². The highest BCUT2D eigenvalue weighted by Gasteiger charge is 2.42. The highest BCUT2D eigenvalue weighted by molar-refractivity contribution is 5.80. The van der Waals surface area contributed by atoms with Gasteiger partial charge in [-0.2, -0.15) is 13.2 Å². The van der Waals surface area contributed by atoms with Gasteiger partial charge in [0.1, 0.15) is 6.04 Å². The van der Waals surface area contributed by atoms with Gasteiger partial charge in [-0.1, -0.05) is 12.2 Å². The van der Waals surface area contributed by atoms with E-state index < -0.39 is 36.4 Å². The van der Waals surface area contributed by atoms with E-state index in [1.165, 1.54) is 0 Å². The Morgan fingerprint density at radius 2 is 2.06 bits per heavy atom. The van der Waals surface area contributed by atoms with E-state index in [4.69, 9.17) is 5.11 Å². The number of rotatable bonds is 4. The van der Waals surface area contributed by atoms with Crippen LogP contribution in [0.5, 0.6) is 0 Å². The van der Waals surface area contributed by atoms with Crippen LogP contribution in [-0.4, -0.2) is 29.2 Å². The number of allylic oxidation sites excluding steroid dienone is 2. The van der Waals surface area contributed by atoms with Gasteiger partial charge in [-0.15, -0.1) is 0 Å². The fourth-order valence-corrected chi connectivity index (χ4v) is 1.74. The lowest BCUT2D eigenvalue weighted by molar-refractivity contribution is -0.171. The van der Waals surface area contributed by atoms with Gasteiger partial charge >= 0.3 is 12.1 Å². The second kappa shape index (κ2) is 5.88. The minimum atomic E-state index is -4.75. The summed E-state index contributed by atoms with van der Waals surface area (Å²) in [5, 5.41) is 10.2. The molecule has 0 radical (unpaired) electrons. The summed E-state index contributed by atoms with van der Waals surface area (Å²) in [7, 11) is 0. The molecule has 0 aromatic rings. The maximum Gasteiger partial charge on any atom is 0.409 e. The molecule has 0 spiro atoms. The summed E-state index contributed by atoms with van der Waals surface area (Å²) in [5.41, 5.74) is 0. The van der Waals surface area contributed by atoms with Crippen molar-refractivity contribution in [2.75, 3.05) is 0 Å². The Labute approximate surface area is 102 Å². The zero-order chi connectivity index (χ0) is 13.8. The molecular weight excluding hydrogens is 251 g/mol. The van der Waals surface area contributed by atoms with E-state index in [1.54, 1.807) is 11.4 Å². The fourth-order valence-electron chi connectivity index (χ4n) is 1.74. The number of carboxylic acid groups (broad SMARTS) is 1. The van der Waals surface area contributed by atoms with Crippen molar-refractivity contribution in [2.24, 2.45) is 5.92 Å². The van der Waals surface area contributed by atoms with E-state index in [0.29, 0.717) is 19.3 Å². The number of carbonyl (C=O) groups is 2. The number of carboxylic acids is 1. The second-order valence-electron chi connectivity index (χ2n) is 4.18. The zero-order valence-electron chi connectivity index (χ0n) is 9.54. The molecule has 7 heteroatoms. The van der Waals surface area contributed by atoms with Crippen molar-refractivity contribution in [3.05, 3.63) is 12.2 Å². The predicted octanol–water partition coefficient (Wildman–Crippen LogP) is 1.86. The van der Waals surface area contributed by atoms with Gasteiger partial charge < -0.3 is 10.4 Å². The van der Waals surface area contributed by atoms with Crippen LogP contribution in [0.25, 0.3) is 0 Å². The molecule has 0 aromatic carbocycles. The number of hydrogen-bond acceptors (Lipinski definition) is 2. The van der Waals surface area contributed by atoms with E-state index in [9.17, 15) is 22.8 Å². The number of alkyl halides is 3. The number of carbonyl (C=O) groups excluding carboxylic acids is 1. The minimum absolute atomic E-state index is 0.392. The van der Waals surface area contributed by atoms with E-state index in [-0.39, 0.29) is 0 Å². The number of halogens is 3. The first kappa shape index (κ1) is 14.5. The van der Waals surface area contributed by atoms with E-state index in [0.717, 1.165) is 0 Å². The molecule has 18 heavy (non-hydrogen) atoms. The lowest BCUT2D eigenvalue weighted by Gasteiger charge is -2.24. The highest BCUT2D eigenvalue weighted by atomic mass is 19.4. The summed E-state index contributed by atoms with van der Waals surface area (Å²) >= 11 is 0. The van der Waals surface area contributed by atoms with Crippen LogP contribution in [0, 0.1) is 5.92 Å². The molecule has 4 nitrogen and oxygen atoms in total. The fraction of sp³-hybridized carbons (Fsp3) is 0.636. The van der Waals surface area contributed by atoms with Gasteiger partial charge in [0.2, 0.25) is 5.91 Å². The van der Waals surface area contributed by atoms with Crippen LogP contribution >= 0.6 is 0 Å². The Balaban J connectivity index is 2.62. The van der Waals surface area contributed by atoms with Gasteiger partial charge in [0.15, 0.2) is 0 Å². The number of nitrogens with one attached hydrogen (secondary N) is 1. The van der Waals surface area contributed by atoms with Gasteiger partial charge in [-0.05, 0) is 19.3 Å². The van der Waals surface area contributed by atoms with Crippen molar-refractivity contribution in [1.29, 1.82) is 0 Å². The van der Waals surface area contributed by atoms with Gasteiger partial charge in [0, 0.05) is 5.92 Å². The lowest BCUT2D eigenvalue weighted by atomic mass is 9.93. The van der Waals surface area contributed by atoms with Gasteiger partial charge in [0.05, 0.1) is 6.42 Å². The van der Waals surface area contributed by atoms with Crippen LogP contribution in [-0.2, 0) is 9.59 Å². The Bertz CT molecular complexity index is 352. The molecule has 1 amide bonds. The molecule has 102 valence electrons. The summed E-state index contributed by atoms with van der Waals surface area (Å²) in [6.45, 7) is 0. The van der Waals surface area contributed by atoms with Crippen LogP contribution in [0.4, 0.5) is 13.2 Å². The Kier molecular flexibility index (Phi) is 4.75. The maximum atomic E-state index is 12.5. The third-order valence-electron chi connectivity index (χ3n) is 2.73. The van der Waals surface area contributed by atoms with E-state index in [1.807, 2.05) is 6.08 Å². The van der Waals surface area contributed by atoms with Crippen molar-refractivity contribution >= 4 is 11.9 Å². The first-order chi connectivity index (χ1) is 8.30. The molecule has 0 fully saturated rings. The highest BCUT2D eigenvalue weighted by Crippen LogP contribution is 2.24. The van der Waals surface area contributed by atoms with Crippen molar-refractivity contribution in [3.8, 4) is 0 Å². The summed E-state index contributed by atoms with van der Waals surface area (Å²) in [6.07, 6.45) is -0.774. The smallest absolute Gasteiger partial charge is 0.409 e. The molecule has 1 aliphatic rings. The molecule has 2 N–H and O–H groups in total. The molecule has 1 aliphatic carbocycles. The Morgan fingerprint density at radius 3 is 2.50 bits per heavy atom. The van der Waals surface area contributed by atoms with Crippen molar-refractivity contribution < 1.29 is 27.9 Å². The van der Waals surface area contributed by atoms with Crippen molar-refractivity contribution in [1.82, 2.24) is 5.32 Å². The largest absolute Gasteiger partial charge is 0.481 e. The first-order valence-corrected chi connectivity index (χ1v) is 5.54. The predicted molar refractivity (Wildman–Crippen MR) is 56.7 cm³/mol. The summed E-state index contributed by atoms with van der Waals surface area (Å²) in [5.74, 6) is -2.84. The number of hydrogen-bond donors (Lipinski definition) is 2. The third kappa shape index (κ3) is 4.38. The molecule has 0 heterocycles. The summed E-state index contributed by atoms with van der Waals surface area (Å²) in [6, 6.07) is -2.33. The maximum absolute atomic E-state index is 12.5. The topological polar surface area (TPSA) is 66.4 Å². The second-order valence-corrected chi connectivity index (χ2v) is 4.18. The van der Waals surface area contributed by atoms with Gasteiger partial charge in [-0.25, -0.2) is 0 Å². The Hall–Kier alpha value is -1.53. The third-order valence-corrected chi connectivity index (χ3v) is 2.73. The monoisotopic (exact) mass is 265 g/mol. The average molecular weight is 265 g/mol. The Morgan fingerprint density at radius 1 is 1.39 bits per heavy atom. The number of amides is 1. The SMILES string of the molecule is O=C(O)CC(NC(=O)C1CC=CCC1)C(F)(F)F. The molecule has 0 aliphatic heterocycles. The summed E-state index contributed by atoms with van der Waals surface area (Å²) in [4.78, 5) is 22.0. The van der Waals surface area contributed by atoms with Crippen LogP contribution < -0.4 is 5.32 Å². The van der Waals surface area contributed by atoms with E-state index >= 15 is 0 Å². The first-order valence-electron chi connectivity index (χ1n) is 5.54. The number of aliphatic carboxylic acids is 1. The van der Waals surface area contributed by atoms with Gasteiger partial charge in [0.25, 0.3) is 0 Å². The standard InChI is InChI=1S/C11H14F3NO3/c12-11(13,14)8(6-9(16)17)15-10(18)7-4-2-1-3-5-7/h1-2,7-8H,3-6H2,(H,15,18)(H,16,17). The molecular formula is C11H14F3NO3. The van der Waals surface area contributed by atoms with Crippen LogP contribution in [0.15, 0.2) is 12.2 Å². The normalized spacial score (nSPS) is 21.4. The molecule has 2 atom stereocenters. The molecule has 0 aromatic heterocycles. The summed E-state index contributed by atoms with van der Waals surface area (Å²) < 4.78 is 37.5. The minimum Gasteiger partial charge on any atom is -0.481 e. The van der Waals surface area contributed by atoms with Crippen LogP contribution in [0.1, 0.15) is 25.7 Å². The molecule has 2 unspecified atom stereocenters. The molecule has 0 saturated heterocycles. The molecule has 0 bridgehead atoms. The molecule has 0 saturated carbocycles. The molecule has 1 rings (SSSR count). The van der Waals surface area contributed by atoms with Crippen LogP contribution in [0.3, 0.4) is 0 Å². The van der Waals surface area contributed by atoms with E-state index in [2.05, 4.69) is 0 Å². The zero-order valence-corrected chi connectivity index (χ0v) is 9.54.